The molecule has 4 heterocycles. The third kappa shape index (κ3) is 8.58. The Kier molecular flexibility index (Phi) is 11.7. The number of anilines is 2. The summed E-state index contributed by atoms with van der Waals surface area (Å²) in [4.78, 5) is 54.8. The van der Waals surface area contributed by atoms with Gasteiger partial charge in [-0.1, -0.05) is 12.8 Å². The van der Waals surface area contributed by atoms with Crippen molar-refractivity contribution < 1.29 is 18.7 Å². The maximum Gasteiger partial charge on any atom is 0.341 e. The van der Waals surface area contributed by atoms with Crippen LogP contribution in [-0.2, 0) is 0 Å². The monoisotopic (exact) mass is 854 g/mol. The number of benzene rings is 2. The summed E-state index contributed by atoms with van der Waals surface area (Å²) in [5, 5.41) is 16.6. The second-order valence-corrected chi connectivity index (χ2v) is 16.3. The number of rotatable bonds is 12. The second kappa shape index (κ2) is 17.3. The molecule has 2 aliphatic carbocycles. The average Bonchev–Trinajstić information content (AvgIpc) is 4.16. The van der Waals surface area contributed by atoms with Gasteiger partial charge in [0, 0.05) is 80.1 Å². The highest BCUT2D eigenvalue weighted by molar-refractivity contribution is 5.96. The molecular weight excluding hydrogens is 803 g/mol. The summed E-state index contributed by atoms with van der Waals surface area (Å²) in [5.41, 5.74) is 25.9. The van der Waals surface area contributed by atoms with Crippen molar-refractivity contribution in [2.24, 2.45) is 42.9 Å². The number of hydrogen-bond acceptors (Lipinski definition) is 7. The number of hydrogen-bond donors (Lipinski definition) is 5. The summed E-state index contributed by atoms with van der Waals surface area (Å²) >= 11 is 0. The van der Waals surface area contributed by atoms with Crippen molar-refractivity contribution in [1.82, 2.24) is 19.2 Å². The van der Waals surface area contributed by atoms with Crippen LogP contribution in [0.15, 0.2) is 66.2 Å². The van der Waals surface area contributed by atoms with Crippen LogP contribution in [0, 0.1) is 18.6 Å². The molecule has 4 aromatic rings. The summed E-state index contributed by atoms with van der Waals surface area (Å²) in [7, 11) is 0. The van der Waals surface area contributed by atoms with Gasteiger partial charge in [-0.05, 0) is 82.6 Å². The number of aryl methyl sites for hydroxylation is 1. The molecule has 0 atom stereocenters. The number of aliphatic imine (C=N–C) groups is 4. The van der Waals surface area contributed by atoms with Gasteiger partial charge in [0.1, 0.15) is 17.2 Å². The first kappa shape index (κ1) is 42.0. The standard InChI is InChI=1S/C42H52F2N14O4/c1-24-22-53(25-8-9-25)32-20-34(30(43)18-27(32)36(24)59)55-14-6-16-57(55)41(47)51-39(45)49-12-4-2-3-5-13-50-40(46)52-42(48)58-17-7-15-56(58)35-21-33-28(19-31(35)44)37(60)29(38(61)62)23-54(33)26-10-11-26/h18-23,25-26H,2-17H2,1H3,(H,61,62)(H4,45,47,49,51)(H4,46,48,50,52). The Morgan fingerprint density at radius 2 is 1.13 bits per heavy atom. The minimum Gasteiger partial charge on any atom is -0.477 e. The Hall–Kier alpha value is -6.73. The minimum atomic E-state index is -1.35. The molecular formula is C42H52F2N14O4. The lowest BCUT2D eigenvalue weighted by Crippen LogP contribution is -2.46. The summed E-state index contributed by atoms with van der Waals surface area (Å²) in [6.45, 7) is 4.52. The summed E-state index contributed by atoms with van der Waals surface area (Å²) in [6, 6.07) is 6.05. The number of carboxylic acids is 1. The number of halogens is 2. The van der Waals surface area contributed by atoms with Gasteiger partial charge in [0.05, 0.1) is 22.4 Å². The molecule has 0 bridgehead atoms. The zero-order chi connectivity index (χ0) is 43.8. The van der Waals surface area contributed by atoms with Crippen LogP contribution in [0.3, 0.4) is 0 Å². The number of aromatic nitrogens is 2. The fraction of sp³-hybridized carbons (Fsp3) is 0.452. The SMILES string of the molecule is Cc1cn(C2CC2)c2cc(N3CCCN3C(N)=NC(N)=NCCCCCCN=C(N)N=C(N)N3CCCN3c3cc4c(cc3F)c(=O)c(C(=O)O)cn4C3CC3)c(F)cc2c1=O. The third-order valence-corrected chi connectivity index (χ3v) is 11.7. The highest BCUT2D eigenvalue weighted by Crippen LogP contribution is 2.40. The van der Waals surface area contributed by atoms with E-state index < -0.39 is 28.6 Å². The van der Waals surface area contributed by atoms with Gasteiger partial charge in [0.25, 0.3) is 0 Å². The molecule has 62 heavy (non-hydrogen) atoms. The van der Waals surface area contributed by atoms with Crippen LogP contribution in [0.25, 0.3) is 21.8 Å². The Bertz CT molecular complexity index is 2670. The van der Waals surface area contributed by atoms with Crippen molar-refractivity contribution in [3.05, 3.63) is 79.9 Å². The first-order valence-electron chi connectivity index (χ1n) is 21.2. The number of carbonyl (C=O) groups is 1. The predicted octanol–water partition coefficient (Wildman–Crippen LogP) is 3.64. The topological polar surface area (TPSA) is 248 Å². The van der Waals surface area contributed by atoms with E-state index in [4.69, 9.17) is 22.9 Å². The molecule has 0 spiro atoms. The molecule has 2 aromatic heterocycles. The van der Waals surface area contributed by atoms with E-state index in [1.165, 1.54) is 12.3 Å². The molecule has 9 N–H and O–H groups in total. The zero-order valence-corrected chi connectivity index (χ0v) is 34.6. The van der Waals surface area contributed by atoms with E-state index >= 15 is 8.78 Å². The molecule has 18 nitrogen and oxygen atoms in total. The number of guanidine groups is 4. The number of hydrazine groups is 2. The first-order valence-corrected chi connectivity index (χ1v) is 21.2. The van der Waals surface area contributed by atoms with E-state index in [-0.39, 0.29) is 46.4 Å². The molecule has 4 fully saturated rings. The van der Waals surface area contributed by atoms with Crippen LogP contribution < -0.4 is 43.8 Å². The molecule has 2 aromatic carbocycles. The van der Waals surface area contributed by atoms with Crippen LogP contribution >= 0.6 is 0 Å². The Morgan fingerprint density at radius 3 is 1.58 bits per heavy atom. The summed E-state index contributed by atoms with van der Waals surface area (Å²) in [5.74, 6) is -2.41. The molecule has 2 aliphatic heterocycles. The van der Waals surface area contributed by atoms with Gasteiger partial charge in [-0.2, -0.15) is 9.98 Å². The van der Waals surface area contributed by atoms with E-state index in [0.717, 1.165) is 63.9 Å². The summed E-state index contributed by atoms with van der Waals surface area (Å²) in [6.07, 6.45) is 11.4. The smallest absolute Gasteiger partial charge is 0.341 e. The number of unbranched alkanes of at least 4 members (excludes halogenated alkanes) is 3. The normalized spacial score (nSPS) is 18.0. The van der Waals surface area contributed by atoms with Crippen molar-refractivity contribution in [2.45, 2.75) is 83.2 Å². The molecule has 0 unspecified atom stereocenters. The number of fused-ring (bicyclic) bond motifs is 2. The van der Waals surface area contributed by atoms with Crippen LogP contribution in [0.5, 0.6) is 0 Å². The van der Waals surface area contributed by atoms with Crippen molar-refractivity contribution in [1.29, 1.82) is 0 Å². The lowest BCUT2D eigenvalue weighted by Gasteiger charge is -2.31. The van der Waals surface area contributed by atoms with Crippen LogP contribution in [0.2, 0.25) is 0 Å². The number of nitrogens with two attached hydrogens (primary N) is 4. The second-order valence-electron chi connectivity index (χ2n) is 16.3. The van der Waals surface area contributed by atoms with Gasteiger partial charge in [-0.25, -0.2) is 13.6 Å². The zero-order valence-electron chi connectivity index (χ0n) is 34.6. The van der Waals surface area contributed by atoms with E-state index in [2.05, 4.69) is 24.5 Å². The van der Waals surface area contributed by atoms with Crippen molar-refractivity contribution >= 4 is 63.0 Å². The number of carboxylic acid groups (broad SMARTS) is 1. The van der Waals surface area contributed by atoms with Gasteiger partial charge in [0.15, 0.2) is 5.43 Å². The van der Waals surface area contributed by atoms with Crippen molar-refractivity contribution in [3.8, 4) is 0 Å². The predicted molar refractivity (Wildman–Crippen MR) is 237 cm³/mol. The van der Waals surface area contributed by atoms with E-state index in [1.54, 1.807) is 43.7 Å². The van der Waals surface area contributed by atoms with Gasteiger partial charge >= 0.3 is 5.97 Å². The Labute approximate surface area is 355 Å². The van der Waals surface area contributed by atoms with Crippen LogP contribution in [0.4, 0.5) is 20.2 Å². The van der Waals surface area contributed by atoms with Gasteiger partial charge in [-0.3, -0.25) is 39.6 Å². The van der Waals surface area contributed by atoms with Crippen molar-refractivity contribution in [3.63, 3.8) is 0 Å². The summed E-state index contributed by atoms with van der Waals surface area (Å²) < 4.78 is 35.0. The largest absolute Gasteiger partial charge is 0.477 e. The van der Waals surface area contributed by atoms with Crippen LogP contribution in [-0.4, -0.2) is 93.3 Å². The Morgan fingerprint density at radius 1 is 0.677 bits per heavy atom. The number of aromatic carboxylic acids is 1. The fourth-order valence-electron chi connectivity index (χ4n) is 8.30. The quantitative estimate of drug-likeness (QED) is 0.0779. The minimum absolute atomic E-state index is 0.00910. The molecule has 0 radical (unpaired) electrons. The highest BCUT2D eigenvalue weighted by Gasteiger charge is 2.32. The third-order valence-electron chi connectivity index (χ3n) is 11.7. The molecule has 4 aliphatic rings. The maximum absolute atomic E-state index is 15.6. The Balaban J connectivity index is 0.824. The maximum atomic E-state index is 15.6. The lowest BCUT2D eigenvalue weighted by molar-refractivity contribution is 0.0694. The molecule has 8 rings (SSSR count). The van der Waals surface area contributed by atoms with E-state index in [9.17, 15) is 19.5 Å². The van der Waals surface area contributed by atoms with Crippen molar-refractivity contribution in [2.75, 3.05) is 49.3 Å². The highest BCUT2D eigenvalue weighted by atomic mass is 19.1. The lowest BCUT2D eigenvalue weighted by atomic mass is 10.1. The molecule has 2 saturated heterocycles. The van der Waals surface area contributed by atoms with E-state index in [1.807, 2.05) is 6.20 Å². The average molecular weight is 855 g/mol. The van der Waals surface area contributed by atoms with Gasteiger partial charge in [0.2, 0.25) is 29.3 Å². The van der Waals surface area contributed by atoms with E-state index in [0.29, 0.717) is 79.4 Å². The van der Waals surface area contributed by atoms with Gasteiger partial charge in [-0.15, -0.1) is 0 Å². The molecule has 0 amide bonds. The molecule has 328 valence electrons. The molecule has 20 heteroatoms. The first-order chi connectivity index (χ1) is 29.8. The van der Waals surface area contributed by atoms with Gasteiger partial charge < -0.3 is 37.2 Å². The fourth-order valence-corrected chi connectivity index (χ4v) is 8.30. The number of pyridine rings is 2. The number of nitrogens with zero attached hydrogens (tertiary/aromatic N) is 10. The van der Waals surface area contributed by atoms with Crippen LogP contribution in [0.1, 0.15) is 92.2 Å². The molecule has 2 saturated carbocycles.